The lowest BCUT2D eigenvalue weighted by molar-refractivity contribution is -0.148. The Labute approximate surface area is 133 Å². The first-order valence-electron chi connectivity index (χ1n) is 6.98. The predicted octanol–water partition coefficient (Wildman–Crippen LogP) is 3.29. The summed E-state index contributed by atoms with van der Waals surface area (Å²) in [6, 6.07) is 6.98. The summed E-state index contributed by atoms with van der Waals surface area (Å²) >= 11 is 7.56. The number of benzene rings is 1. The SMILES string of the molecule is O=C(O)C1CCCN1C(=O)CCCSc1cccc(Cl)c1. The summed E-state index contributed by atoms with van der Waals surface area (Å²) in [4.78, 5) is 25.7. The minimum atomic E-state index is -0.894. The molecule has 1 heterocycles. The van der Waals surface area contributed by atoms with Crippen molar-refractivity contribution in [1.82, 2.24) is 4.90 Å². The monoisotopic (exact) mass is 327 g/mol. The molecule has 0 saturated carbocycles. The van der Waals surface area contributed by atoms with E-state index in [1.165, 1.54) is 4.90 Å². The quantitative estimate of drug-likeness (QED) is 0.643. The molecular formula is C15H18ClNO3S. The summed E-state index contributed by atoms with van der Waals surface area (Å²) in [5.41, 5.74) is 0. The first-order chi connectivity index (χ1) is 10.1. The number of hydrogen-bond donors (Lipinski definition) is 1. The van der Waals surface area contributed by atoms with E-state index in [0.717, 1.165) is 23.5 Å². The van der Waals surface area contributed by atoms with Gasteiger partial charge < -0.3 is 10.0 Å². The zero-order valence-corrected chi connectivity index (χ0v) is 13.2. The summed E-state index contributed by atoms with van der Waals surface area (Å²) in [6.45, 7) is 0.567. The Balaban J connectivity index is 1.73. The minimum Gasteiger partial charge on any atom is -0.480 e. The summed E-state index contributed by atoms with van der Waals surface area (Å²) in [6.07, 6.45) is 2.48. The molecule has 4 nitrogen and oxygen atoms in total. The standard InChI is InChI=1S/C15H18ClNO3S/c16-11-4-1-5-12(10-11)21-9-3-7-14(18)17-8-2-6-13(17)15(19)20/h1,4-5,10,13H,2-3,6-9H2,(H,19,20). The van der Waals surface area contributed by atoms with Gasteiger partial charge in [-0.1, -0.05) is 17.7 Å². The number of rotatable bonds is 6. The van der Waals surface area contributed by atoms with Gasteiger partial charge >= 0.3 is 5.97 Å². The second-order valence-corrected chi connectivity index (χ2v) is 6.60. The van der Waals surface area contributed by atoms with Crippen LogP contribution in [0.4, 0.5) is 0 Å². The van der Waals surface area contributed by atoms with E-state index in [1.807, 2.05) is 24.3 Å². The van der Waals surface area contributed by atoms with Crippen LogP contribution in [0.1, 0.15) is 25.7 Å². The van der Waals surface area contributed by atoms with Crippen molar-refractivity contribution < 1.29 is 14.7 Å². The number of nitrogens with zero attached hydrogens (tertiary/aromatic N) is 1. The third-order valence-corrected chi connectivity index (χ3v) is 4.77. The normalized spacial score (nSPS) is 18.0. The van der Waals surface area contributed by atoms with Crippen molar-refractivity contribution >= 4 is 35.2 Å². The highest BCUT2D eigenvalue weighted by molar-refractivity contribution is 7.99. The van der Waals surface area contributed by atoms with Gasteiger partial charge in [-0.15, -0.1) is 11.8 Å². The Bertz CT molecular complexity index is 523. The molecule has 21 heavy (non-hydrogen) atoms. The van der Waals surface area contributed by atoms with Gasteiger partial charge in [-0.25, -0.2) is 4.79 Å². The molecule has 114 valence electrons. The van der Waals surface area contributed by atoms with E-state index < -0.39 is 12.0 Å². The molecule has 1 unspecified atom stereocenters. The fraction of sp³-hybridized carbons (Fsp3) is 0.467. The van der Waals surface area contributed by atoms with Gasteiger partial charge in [0.15, 0.2) is 0 Å². The van der Waals surface area contributed by atoms with Crippen LogP contribution < -0.4 is 0 Å². The van der Waals surface area contributed by atoms with E-state index >= 15 is 0 Å². The molecule has 1 aliphatic rings. The van der Waals surface area contributed by atoms with Gasteiger partial charge in [0.2, 0.25) is 5.91 Å². The van der Waals surface area contributed by atoms with E-state index in [1.54, 1.807) is 11.8 Å². The fourth-order valence-corrected chi connectivity index (χ4v) is 3.60. The van der Waals surface area contributed by atoms with Gasteiger partial charge in [0, 0.05) is 22.9 Å². The molecule has 2 rings (SSSR count). The summed E-state index contributed by atoms with van der Waals surface area (Å²) in [5, 5.41) is 9.77. The van der Waals surface area contributed by atoms with Crippen LogP contribution >= 0.6 is 23.4 Å². The molecule has 6 heteroatoms. The van der Waals surface area contributed by atoms with E-state index in [0.29, 0.717) is 24.4 Å². The Hall–Kier alpha value is -1.20. The minimum absolute atomic E-state index is 0.0494. The number of thioether (sulfide) groups is 1. The number of carbonyl (C=O) groups excluding carboxylic acids is 1. The van der Waals surface area contributed by atoms with Crippen LogP contribution in [0, 0.1) is 0 Å². The number of carbonyl (C=O) groups is 2. The first-order valence-corrected chi connectivity index (χ1v) is 8.35. The zero-order chi connectivity index (χ0) is 15.2. The van der Waals surface area contributed by atoms with Crippen LogP contribution in [0.15, 0.2) is 29.2 Å². The molecule has 1 fully saturated rings. The van der Waals surface area contributed by atoms with Crippen molar-refractivity contribution in [2.24, 2.45) is 0 Å². The summed E-state index contributed by atoms with van der Waals surface area (Å²) < 4.78 is 0. The number of likely N-dealkylation sites (tertiary alicyclic amines) is 1. The number of carboxylic acids is 1. The average molecular weight is 328 g/mol. The number of hydrogen-bond acceptors (Lipinski definition) is 3. The van der Waals surface area contributed by atoms with Crippen molar-refractivity contribution in [3.05, 3.63) is 29.3 Å². The Morgan fingerprint density at radius 2 is 2.24 bits per heavy atom. The van der Waals surface area contributed by atoms with Crippen molar-refractivity contribution in [2.45, 2.75) is 36.6 Å². The highest BCUT2D eigenvalue weighted by atomic mass is 35.5. The van der Waals surface area contributed by atoms with E-state index in [4.69, 9.17) is 16.7 Å². The molecule has 0 aliphatic carbocycles. The molecule has 0 spiro atoms. The number of aliphatic carboxylic acids is 1. The smallest absolute Gasteiger partial charge is 0.326 e. The largest absolute Gasteiger partial charge is 0.480 e. The lowest BCUT2D eigenvalue weighted by Gasteiger charge is -2.21. The van der Waals surface area contributed by atoms with Gasteiger partial charge in [0.05, 0.1) is 0 Å². The summed E-state index contributed by atoms with van der Waals surface area (Å²) in [5.74, 6) is -0.127. The molecule has 1 atom stereocenters. The number of halogens is 1. The number of carboxylic acid groups (broad SMARTS) is 1. The summed E-state index contributed by atoms with van der Waals surface area (Å²) in [7, 11) is 0. The van der Waals surface area contributed by atoms with Crippen LogP contribution in [0.25, 0.3) is 0 Å². The van der Waals surface area contributed by atoms with Gasteiger partial charge in [-0.3, -0.25) is 4.79 Å². The predicted molar refractivity (Wildman–Crippen MR) is 83.8 cm³/mol. The van der Waals surface area contributed by atoms with Gasteiger partial charge in [-0.05, 0) is 43.2 Å². The van der Waals surface area contributed by atoms with Crippen LogP contribution in [0.5, 0.6) is 0 Å². The molecule has 1 saturated heterocycles. The fourth-order valence-electron chi connectivity index (χ4n) is 2.44. The lowest BCUT2D eigenvalue weighted by Crippen LogP contribution is -2.40. The van der Waals surface area contributed by atoms with Crippen LogP contribution in [-0.4, -0.2) is 40.2 Å². The Morgan fingerprint density at radius 3 is 2.95 bits per heavy atom. The number of amides is 1. The average Bonchev–Trinajstić information content (AvgIpc) is 2.93. The maximum atomic E-state index is 12.1. The second kappa shape index (κ2) is 7.71. The van der Waals surface area contributed by atoms with E-state index in [2.05, 4.69) is 0 Å². The van der Waals surface area contributed by atoms with Crippen molar-refractivity contribution in [2.75, 3.05) is 12.3 Å². The Morgan fingerprint density at radius 1 is 1.43 bits per heavy atom. The van der Waals surface area contributed by atoms with E-state index in [-0.39, 0.29) is 5.91 Å². The third-order valence-electron chi connectivity index (χ3n) is 3.46. The van der Waals surface area contributed by atoms with Gasteiger partial charge in [0.1, 0.15) is 6.04 Å². The molecule has 1 aromatic carbocycles. The molecular weight excluding hydrogens is 310 g/mol. The molecule has 0 bridgehead atoms. The lowest BCUT2D eigenvalue weighted by atomic mass is 10.2. The molecule has 1 amide bonds. The molecule has 1 aliphatic heterocycles. The van der Waals surface area contributed by atoms with Crippen molar-refractivity contribution in [1.29, 1.82) is 0 Å². The molecule has 0 aromatic heterocycles. The van der Waals surface area contributed by atoms with Crippen molar-refractivity contribution in [3.8, 4) is 0 Å². The Kier molecular flexibility index (Phi) is 5.94. The van der Waals surface area contributed by atoms with Crippen LogP contribution in [0.2, 0.25) is 5.02 Å². The topological polar surface area (TPSA) is 57.6 Å². The maximum absolute atomic E-state index is 12.1. The van der Waals surface area contributed by atoms with Crippen LogP contribution in [-0.2, 0) is 9.59 Å². The maximum Gasteiger partial charge on any atom is 0.326 e. The molecule has 1 aromatic rings. The van der Waals surface area contributed by atoms with Gasteiger partial charge in [0.25, 0.3) is 0 Å². The van der Waals surface area contributed by atoms with Gasteiger partial charge in [-0.2, -0.15) is 0 Å². The first kappa shape index (κ1) is 16.2. The second-order valence-electron chi connectivity index (χ2n) is 4.99. The highest BCUT2D eigenvalue weighted by Gasteiger charge is 2.33. The van der Waals surface area contributed by atoms with Crippen molar-refractivity contribution in [3.63, 3.8) is 0 Å². The molecule has 1 N–H and O–H groups in total. The van der Waals surface area contributed by atoms with E-state index in [9.17, 15) is 9.59 Å². The third kappa shape index (κ3) is 4.64. The van der Waals surface area contributed by atoms with Crippen LogP contribution in [0.3, 0.4) is 0 Å². The zero-order valence-electron chi connectivity index (χ0n) is 11.6. The molecule has 0 radical (unpaired) electrons. The highest BCUT2D eigenvalue weighted by Crippen LogP contribution is 2.23.